The van der Waals surface area contributed by atoms with Gasteiger partial charge in [0.05, 0.1) is 0 Å². The molecule has 1 nitrogen and oxygen atoms in total. The Labute approximate surface area is 125 Å². The van der Waals surface area contributed by atoms with Crippen molar-refractivity contribution < 1.29 is 0 Å². The van der Waals surface area contributed by atoms with Gasteiger partial charge < -0.3 is 4.57 Å². The predicted octanol–water partition coefficient (Wildman–Crippen LogP) is 5.02. The van der Waals surface area contributed by atoms with Crippen molar-refractivity contribution in [1.29, 1.82) is 0 Å². The minimum absolute atomic E-state index is 1.21. The van der Waals surface area contributed by atoms with Gasteiger partial charge in [-0.2, -0.15) is 0 Å². The predicted molar refractivity (Wildman–Crippen MR) is 87.8 cm³/mol. The number of hydrogen-bond acceptors (Lipinski definition) is 0. The molecule has 0 aliphatic heterocycles. The van der Waals surface area contributed by atoms with Gasteiger partial charge in [-0.3, -0.25) is 0 Å². The molecule has 1 aliphatic carbocycles. The molecule has 104 valence electrons. The molecule has 0 fully saturated rings. The number of benzene rings is 2. The quantitative estimate of drug-likeness (QED) is 0.617. The lowest BCUT2D eigenvalue weighted by Gasteiger charge is -2.16. The van der Waals surface area contributed by atoms with E-state index in [1.807, 2.05) is 0 Å². The molecule has 0 N–H and O–H groups in total. The number of hydrogen-bond donors (Lipinski definition) is 0. The van der Waals surface area contributed by atoms with Gasteiger partial charge in [-0.25, -0.2) is 0 Å². The number of fused-ring (bicyclic) bond motifs is 1. The summed E-state index contributed by atoms with van der Waals surface area (Å²) in [6.07, 6.45) is 7.33. The Morgan fingerprint density at radius 3 is 2.43 bits per heavy atom. The van der Waals surface area contributed by atoms with E-state index in [2.05, 4.69) is 71.4 Å². The maximum atomic E-state index is 2.38. The monoisotopic (exact) mass is 273 g/mol. The fourth-order valence-corrected chi connectivity index (χ4v) is 3.33. The third-order valence-corrected chi connectivity index (χ3v) is 4.43. The van der Waals surface area contributed by atoms with Gasteiger partial charge in [-0.05, 0) is 60.6 Å². The average Bonchev–Trinajstić information content (AvgIpc) is 3.00. The Kier molecular flexibility index (Phi) is 3.11. The molecule has 3 aromatic rings. The van der Waals surface area contributed by atoms with E-state index >= 15 is 0 Å². The highest BCUT2D eigenvalue weighted by Crippen LogP contribution is 2.27. The van der Waals surface area contributed by atoms with Crippen molar-refractivity contribution in [3.8, 4) is 16.8 Å². The van der Waals surface area contributed by atoms with Crippen LogP contribution in [0.4, 0.5) is 0 Å². The Balaban J connectivity index is 1.78. The van der Waals surface area contributed by atoms with Crippen LogP contribution in [0.1, 0.15) is 24.1 Å². The standard InChI is InChI=1S/C20H19N/c1-2-7-16(8-3-1)18-10-6-11-19(15-18)21-14-13-17-9-4-5-12-20(17)21/h1-3,6-8,10-11,13-15H,4-5,9,12H2. The summed E-state index contributed by atoms with van der Waals surface area (Å²) in [4.78, 5) is 0. The zero-order chi connectivity index (χ0) is 14.1. The van der Waals surface area contributed by atoms with E-state index in [-0.39, 0.29) is 0 Å². The van der Waals surface area contributed by atoms with Crippen LogP contribution in [-0.4, -0.2) is 4.57 Å². The van der Waals surface area contributed by atoms with Crippen LogP contribution in [-0.2, 0) is 12.8 Å². The molecule has 1 heteroatoms. The second-order valence-electron chi connectivity index (χ2n) is 5.78. The minimum Gasteiger partial charge on any atom is -0.321 e. The van der Waals surface area contributed by atoms with Gasteiger partial charge in [0.1, 0.15) is 0 Å². The first-order chi connectivity index (χ1) is 10.4. The number of nitrogens with zero attached hydrogens (tertiary/aromatic N) is 1. The largest absolute Gasteiger partial charge is 0.321 e. The maximum Gasteiger partial charge on any atom is 0.0458 e. The molecule has 1 aliphatic rings. The normalized spacial score (nSPS) is 13.9. The van der Waals surface area contributed by atoms with Gasteiger partial charge in [-0.15, -0.1) is 0 Å². The van der Waals surface area contributed by atoms with E-state index in [0.29, 0.717) is 0 Å². The SMILES string of the molecule is c1ccc(-c2cccc(-n3ccc4c3CCCC4)c2)cc1. The summed E-state index contributed by atoms with van der Waals surface area (Å²) >= 11 is 0. The molecule has 0 spiro atoms. The van der Waals surface area contributed by atoms with Gasteiger partial charge in [0, 0.05) is 17.6 Å². The molecule has 0 saturated carbocycles. The molecule has 0 amide bonds. The highest BCUT2D eigenvalue weighted by molar-refractivity contribution is 5.66. The topological polar surface area (TPSA) is 4.93 Å². The fraction of sp³-hybridized carbons (Fsp3) is 0.200. The molecular formula is C20H19N. The van der Waals surface area contributed by atoms with Gasteiger partial charge in [0.25, 0.3) is 0 Å². The van der Waals surface area contributed by atoms with Crippen LogP contribution in [0.3, 0.4) is 0 Å². The summed E-state index contributed by atoms with van der Waals surface area (Å²) in [6.45, 7) is 0. The summed E-state index contributed by atoms with van der Waals surface area (Å²) in [7, 11) is 0. The van der Waals surface area contributed by atoms with Crippen LogP contribution < -0.4 is 0 Å². The molecule has 0 radical (unpaired) electrons. The molecule has 0 saturated heterocycles. The summed E-state index contributed by atoms with van der Waals surface area (Å²) in [6, 6.07) is 21.8. The van der Waals surface area contributed by atoms with Crippen molar-refractivity contribution in [2.24, 2.45) is 0 Å². The van der Waals surface area contributed by atoms with E-state index in [9.17, 15) is 0 Å². The number of rotatable bonds is 2. The maximum absolute atomic E-state index is 2.38. The highest BCUT2D eigenvalue weighted by atomic mass is 15.0. The van der Waals surface area contributed by atoms with Crippen LogP contribution in [0, 0.1) is 0 Å². The van der Waals surface area contributed by atoms with Crippen LogP contribution in [0.25, 0.3) is 16.8 Å². The first-order valence-electron chi connectivity index (χ1n) is 7.77. The summed E-state index contributed by atoms with van der Waals surface area (Å²) in [5.41, 5.74) is 6.88. The van der Waals surface area contributed by atoms with Crippen LogP contribution in [0.15, 0.2) is 66.9 Å². The zero-order valence-electron chi connectivity index (χ0n) is 12.1. The summed E-state index contributed by atoms with van der Waals surface area (Å²) in [5.74, 6) is 0. The van der Waals surface area contributed by atoms with Crippen molar-refractivity contribution in [3.63, 3.8) is 0 Å². The van der Waals surface area contributed by atoms with E-state index < -0.39 is 0 Å². The Hall–Kier alpha value is -2.28. The van der Waals surface area contributed by atoms with Crippen LogP contribution in [0.2, 0.25) is 0 Å². The molecule has 21 heavy (non-hydrogen) atoms. The van der Waals surface area contributed by atoms with Crippen molar-refractivity contribution in [2.75, 3.05) is 0 Å². The van der Waals surface area contributed by atoms with E-state index in [1.165, 1.54) is 53.8 Å². The van der Waals surface area contributed by atoms with Crippen molar-refractivity contribution >= 4 is 0 Å². The van der Waals surface area contributed by atoms with E-state index in [4.69, 9.17) is 0 Å². The van der Waals surface area contributed by atoms with Crippen LogP contribution in [0.5, 0.6) is 0 Å². The molecule has 0 unspecified atom stereocenters. The van der Waals surface area contributed by atoms with E-state index in [0.717, 1.165) is 0 Å². The summed E-state index contributed by atoms with van der Waals surface area (Å²) < 4.78 is 2.38. The third-order valence-electron chi connectivity index (χ3n) is 4.43. The molecule has 4 rings (SSSR count). The van der Waals surface area contributed by atoms with E-state index in [1.54, 1.807) is 0 Å². The van der Waals surface area contributed by atoms with Crippen molar-refractivity contribution in [3.05, 3.63) is 78.1 Å². The zero-order valence-corrected chi connectivity index (χ0v) is 12.1. The fourth-order valence-electron chi connectivity index (χ4n) is 3.33. The number of aryl methyl sites for hydroxylation is 1. The second kappa shape index (κ2) is 5.25. The smallest absolute Gasteiger partial charge is 0.0458 e. The van der Waals surface area contributed by atoms with Crippen LogP contribution >= 0.6 is 0 Å². The van der Waals surface area contributed by atoms with Gasteiger partial charge in [0.15, 0.2) is 0 Å². The second-order valence-corrected chi connectivity index (χ2v) is 5.78. The Bertz CT molecular complexity index is 753. The molecule has 1 aromatic heterocycles. The van der Waals surface area contributed by atoms with Crippen molar-refractivity contribution in [1.82, 2.24) is 4.57 Å². The van der Waals surface area contributed by atoms with Crippen molar-refractivity contribution in [2.45, 2.75) is 25.7 Å². The van der Waals surface area contributed by atoms with Gasteiger partial charge in [-0.1, -0.05) is 42.5 Å². The molecule has 2 aromatic carbocycles. The molecule has 1 heterocycles. The molecule has 0 bridgehead atoms. The lowest BCUT2D eigenvalue weighted by Crippen LogP contribution is -2.06. The lowest BCUT2D eigenvalue weighted by atomic mass is 9.98. The average molecular weight is 273 g/mol. The lowest BCUT2D eigenvalue weighted by molar-refractivity contribution is 0.663. The highest BCUT2D eigenvalue weighted by Gasteiger charge is 2.14. The molecular weight excluding hydrogens is 254 g/mol. The van der Waals surface area contributed by atoms with Gasteiger partial charge >= 0.3 is 0 Å². The Morgan fingerprint density at radius 1 is 0.714 bits per heavy atom. The summed E-state index contributed by atoms with van der Waals surface area (Å²) in [5, 5.41) is 0. The number of aromatic nitrogens is 1. The minimum atomic E-state index is 1.21. The Morgan fingerprint density at radius 2 is 1.52 bits per heavy atom. The first-order valence-corrected chi connectivity index (χ1v) is 7.77. The first kappa shape index (κ1) is 12.5. The molecule has 0 atom stereocenters. The van der Waals surface area contributed by atoms with Gasteiger partial charge in [0.2, 0.25) is 0 Å². The third kappa shape index (κ3) is 2.29.